The van der Waals surface area contributed by atoms with E-state index in [4.69, 9.17) is 0 Å². The fourth-order valence-corrected chi connectivity index (χ4v) is 2.05. The molecular weight excluding hydrogens is 253 g/mol. The first kappa shape index (κ1) is 14.3. The van der Waals surface area contributed by atoms with Crippen LogP contribution in [0.1, 0.15) is 27.0 Å². The van der Waals surface area contributed by atoms with Gasteiger partial charge in [0.05, 0.1) is 0 Å². The Balaban J connectivity index is 1.92. The van der Waals surface area contributed by atoms with Crippen molar-refractivity contribution in [2.45, 2.75) is 20.3 Å². The normalized spacial score (nSPS) is 10.3. The molecule has 0 aliphatic heterocycles. The second-order valence-electron chi connectivity index (χ2n) is 4.95. The van der Waals surface area contributed by atoms with E-state index in [0.29, 0.717) is 18.5 Å². The van der Waals surface area contributed by atoms with Crippen LogP contribution in [0.3, 0.4) is 0 Å². The topological polar surface area (TPSA) is 29.1 Å². The predicted octanol–water partition coefficient (Wildman–Crippen LogP) is 3.42. The monoisotopic (exact) mass is 271 g/mol. The van der Waals surface area contributed by atoms with E-state index in [1.165, 1.54) is 12.1 Å². The van der Waals surface area contributed by atoms with E-state index < -0.39 is 0 Å². The zero-order chi connectivity index (χ0) is 14.5. The van der Waals surface area contributed by atoms with Crippen LogP contribution in [0.15, 0.2) is 42.5 Å². The maximum Gasteiger partial charge on any atom is 0.251 e. The lowest BCUT2D eigenvalue weighted by Gasteiger charge is -2.08. The highest BCUT2D eigenvalue weighted by Crippen LogP contribution is 2.10. The van der Waals surface area contributed by atoms with Crippen LogP contribution in [0.2, 0.25) is 0 Å². The highest BCUT2D eigenvalue weighted by molar-refractivity contribution is 5.95. The van der Waals surface area contributed by atoms with Gasteiger partial charge in [-0.05, 0) is 49.6 Å². The van der Waals surface area contributed by atoms with E-state index in [2.05, 4.69) is 5.32 Å². The van der Waals surface area contributed by atoms with Gasteiger partial charge in [0.25, 0.3) is 5.91 Å². The minimum absolute atomic E-state index is 0.0617. The number of halogens is 1. The van der Waals surface area contributed by atoms with Gasteiger partial charge in [-0.1, -0.05) is 29.8 Å². The number of hydrogen-bond donors (Lipinski definition) is 1. The molecule has 20 heavy (non-hydrogen) atoms. The van der Waals surface area contributed by atoms with E-state index in [1.807, 2.05) is 32.0 Å². The van der Waals surface area contributed by atoms with Gasteiger partial charge in [-0.2, -0.15) is 0 Å². The maximum atomic E-state index is 12.8. The molecule has 1 amide bonds. The van der Waals surface area contributed by atoms with E-state index in [0.717, 1.165) is 16.7 Å². The number of amides is 1. The van der Waals surface area contributed by atoms with E-state index >= 15 is 0 Å². The van der Waals surface area contributed by atoms with Crippen LogP contribution in [0, 0.1) is 19.7 Å². The second kappa shape index (κ2) is 6.33. The molecule has 0 saturated heterocycles. The summed E-state index contributed by atoms with van der Waals surface area (Å²) in [4.78, 5) is 12.1. The van der Waals surface area contributed by atoms with Gasteiger partial charge >= 0.3 is 0 Å². The van der Waals surface area contributed by atoms with E-state index in [-0.39, 0.29) is 11.7 Å². The number of carbonyl (C=O) groups is 1. The van der Waals surface area contributed by atoms with Crippen molar-refractivity contribution >= 4 is 5.91 Å². The molecular formula is C17H18FNO. The third-order valence-corrected chi connectivity index (χ3v) is 3.25. The number of nitrogens with one attached hydrogen (secondary N) is 1. The van der Waals surface area contributed by atoms with Gasteiger partial charge in [0.1, 0.15) is 5.82 Å². The summed E-state index contributed by atoms with van der Waals surface area (Å²) in [6, 6.07) is 12.2. The molecule has 3 heteroatoms. The van der Waals surface area contributed by atoms with Crippen LogP contribution in [0.4, 0.5) is 4.39 Å². The zero-order valence-electron chi connectivity index (χ0n) is 11.7. The summed E-state index contributed by atoms with van der Waals surface area (Å²) in [7, 11) is 0. The van der Waals surface area contributed by atoms with Crippen molar-refractivity contribution in [3.63, 3.8) is 0 Å². The number of hydrogen-bond acceptors (Lipinski definition) is 1. The second-order valence-corrected chi connectivity index (χ2v) is 4.95. The summed E-state index contributed by atoms with van der Waals surface area (Å²) in [5, 5.41) is 2.90. The van der Waals surface area contributed by atoms with Gasteiger partial charge in [-0.15, -0.1) is 0 Å². The van der Waals surface area contributed by atoms with E-state index in [1.54, 1.807) is 12.1 Å². The fourth-order valence-electron chi connectivity index (χ4n) is 2.05. The molecule has 2 aromatic rings. The van der Waals surface area contributed by atoms with Crippen LogP contribution in [-0.4, -0.2) is 12.5 Å². The number of carbonyl (C=O) groups excluding carboxylic acids is 1. The number of benzene rings is 2. The highest BCUT2D eigenvalue weighted by Gasteiger charge is 2.08. The Morgan fingerprint density at radius 1 is 1.10 bits per heavy atom. The largest absolute Gasteiger partial charge is 0.352 e. The summed E-state index contributed by atoms with van der Waals surface area (Å²) < 4.78 is 12.8. The average molecular weight is 271 g/mol. The molecule has 0 heterocycles. The Morgan fingerprint density at radius 3 is 2.50 bits per heavy atom. The lowest BCUT2D eigenvalue weighted by Crippen LogP contribution is -2.26. The molecule has 0 bridgehead atoms. The van der Waals surface area contributed by atoms with Gasteiger partial charge in [0.15, 0.2) is 0 Å². The number of aryl methyl sites for hydroxylation is 2. The SMILES string of the molecule is Cc1ccc(C)c(C(=O)NCCc2ccc(F)cc2)c1. The summed E-state index contributed by atoms with van der Waals surface area (Å²) >= 11 is 0. The molecule has 0 atom stereocenters. The maximum absolute atomic E-state index is 12.8. The molecule has 2 nitrogen and oxygen atoms in total. The summed E-state index contributed by atoms with van der Waals surface area (Å²) in [5.41, 5.74) is 3.76. The minimum atomic E-state index is -0.242. The summed E-state index contributed by atoms with van der Waals surface area (Å²) in [6.45, 7) is 4.43. The Hall–Kier alpha value is -2.16. The summed E-state index contributed by atoms with van der Waals surface area (Å²) in [6.07, 6.45) is 0.691. The van der Waals surface area contributed by atoms with Crippen LogP contribution in [0.5, 0.6) is 0 Å². The first-order chi connectivity index (χ1) is 9.56. The molecule has 0 aliphatic carbocycles. The van der Waals surface area contributed by atoms with Crippen LogP contribution in [-0.2, 0) is 6.42 Å². The third-order valence-electron chi connectivity index (χ3n) is 3.25. The third kappa shape index (κ3) is 3.67. The van der Waals surface area contributed by atoms with Crippen molar-refractivity contribution in [1.82, 2.24) is 5.32 Å². The van der Waals surface area contributed by atoms with Crippen molar-refractivity contribution in [2.24, 2.45) is 0 Å². The average Bonchev–Trinajstić information content (AvgIpc) is 2.43. The molecule has 0 spiro atoms. The first-order valence-electron chi connectivity index (χ1n) is 6.66. The molecule has 0 unspecified atom stereocenters. The lowest BCUT2D eigenvalue weighted by molar-refractivity contribution is 0.0953. The molecule has 0 aromatic heterocycles. The first-order valence-corrected chi connectivity index (χ1v) is 6.66. The zero-order valence-corrected chi connectivity index (χ0v) is 11.7. The summed E-state index contributed by atoms with van der Waals surface area (Å²) in [5.74, 6) is -0.304. The van der Waals surface area contributed by atoms with Crippen molar-refractivity contribution in [2.75, 3.05) is 6.54 Å². The van der Waals surface area contributed by atoms with Crippen molar-refractivity contribution in [3.8, 4) is 0 Å². The molecule has 1 N–H and O–H groups in total. The number of rotatable bonds is 4. The van der Waals surface area contributed by atoms with Gasteiger partial charge in [0, 0.05) is 12.1 Å². The van der Waals surface area contributed by atoms with Crippen molar-refractivity contribution < 1.29 is 9.18 Å². The smallest absolute Gasteiger partial charge is 0.251 e. The molecule has 0 radical (unpaired) electrons. The standard InChI is InChI=1S/C17H18FNO/c1-12-3-4-13(2)16(11-12)17(20)19-10-9-14-5-7-15(18)8-6-14/h3-8,11H,9-10H2,1-2H3,(H,19,20). The van der Waals surface area contributed by atoms with Crippen molar-refractivity contribution in [1.29, 1.82) is 0 Å². The van der Waals surface area contributed by atoms with Crippen molar-refractivity contribution in [3.05, 3.63) is 70.5 Å². The van der Waals surface area contributed by atoms with Crippen LogP contribution >= 0.6 is 0 Å². The lowest BCUT2D eigenvalue weighted by atomic mass is 10.0. The molecule has 0 saturated carbocycles. The molecule has 104 valence electrons. The quantitative estimate of drug-likeness (QED) is 0.907. The Kier molecular flexibility index (Phi) is 4.51. The minimum Gasteiger partial charge on any atom is -0.352 e. The van der Waals surface area contributed by atoms with Gasteiger partial charge < -0.3 is 5.32 Å². The Morgan fingerprint density at radius 2 is 1.80 bits per heavy atom. The highest BCUT2D eigenvalue weighted by atomic mass is 19.1. The molecule has 0 aliphatic rings. The van der Waals surface area contributed by atoms with E-state index in [9.17, 15) is 9.18 Å². The molecule has 0 fully saturated rings. The Labute approximate surface area is 118 Å². The van der Waals surface area contributed by atoms with Gasteiger partial charge in [-0.3, -0.25) is 4.79 Å². The van der Waals surface area contributed by atoms with Gasteiger partial charge in [0.2, 0.25) is 0 Å². The predicted molar refractivity (Wildman–Crippen MR) is 78.4 cm³/mol. The van der Waals surface area contributed by atoms with Crippen LogP contribution in [0.25, 0.3) is 0 Å². The fraction of sp³-hybridized carbons (Fsp3) is 0.235. The van der Waals surface area contributed by atoms with Crippen LogP contribution < -0.4 is 5.32 Å². The van der Waals surface area contributed by atoms with Gasteiger partial charge in [-0.25, -0.2) is 4.39 Å². The molecule has 2 rings (SSSR count). The Bertz CT molecular complexity index is 605. The molecule has 2 aromatic carbocycles.